The van der Waals surface area contributed by atoms with E-state index in [0.29, 0.717) is 76.4 Å². The number of hydroxylamine groups is 1. The summed E-state index contributed by atoms with van der Waals surface area (Å²) in [5.41, 5.74) is 9.73. The second kappa shape index (κ2) is 37.4. The van der Waals surface area contributed by atoms with Crippen LogP contribution in [0.25, 0.3) is 0 Å². The molecular weight excluding hydrogens is 1240 g/mol. The Kier molecular flexibility index (Phi) is 29.0. The molecule has 2 atom stereocenters. The number of methoxy groups -OCH3 is 5. The zero-order valence-electron chi connectivity index (χ0n) is 46.6. The second-order valence-corrected chi connectivity index (χ2v) is 17.3. The minimum absolute atomic E-state index is 0.363. The normalized spacial score (nSPS) is 9.71. The van der Waals surface area contributed by atoms with Crippen molar-refractivity contribution in [1.29, 1.82) is 0 Å². The quantitative estimate of drug-likeness (QED) is 0.0230. The van der Waals surface area contributed by atoms with E-state index in [1.54, 1.807) is 206 Å². The highest BCUT2D eigenvalue weighted by atomic mass is 127. The van der Waals surface area contributed by atoms with Crippen LogP contribution < -0.4 is 45.3 Å². The van der Waals surface area contributed by atoms with Crippen LogP contribution in [0, 0.1) is 3.70 Å². The van der Waals surface area contributed by atoms with Crippen LogP contribution in [0.15, 0.2) is 196 Å². The zero-order chi connectivity index (χ0) is 61.0. The van der Waals surface area contributed by atoms with E-state index in [4.69, 9.17) is 34.6 Å². The van der Waals surface area contributed by atoms with Crippen molar-refractivity contribution in [2.24, 2.45) is 0 Å². The van der Waals surface area contributed by atoms with E-state index in [1.165, 1.54) is 7.11 Å². The highest BCUT2D eigenvalue weighted by Gasteiger charge is 2.17. The predicted molar refractivity (Wildman–Crippen MR) is 336 cm³/mol. The number of amides is 1. The summed E-state index contributed by atoms with van der Waals surface area (Å²) in [4.78, 5) is 76.3. The number of hydrogen-bond donors (Lipinski definition) is 4. The Morgan fingerprint density at radius 3 is 1.28 bits per heavy atom. The van der Waals surface area contributed by atoms with Gasteiger partial charge in [0.05, 0.1) is 79.0 Å². The number of benzene rings is 2. The Hall–Kier alpha value is -9.75. The summed E-state index contributed by atoms with van der Waals surface area (Å²) in [6, 6.07) is 28.2. The molecule has 28 heteroatoms. The van der Waals surface area contributed by atoms with Gasteiger partial charge in [0, 0.05) is 104 Å². The molecule has 8 heterocycles. The van der Waals surface area contributed by atoms with E-state index in [-0.39, 0.29) is 5.97 Å². The van der Waals surface area contributed by atoms with Gasteiger partial charge in [-0.3, -0.25) is 29.9 Å². The molecule has 85 heavy (non-hydrogen) atoms. The van der Waals surface area contributed by atoms with Gasteiger partial charge < -0.3 is 44.5 Å². The van der Waals surface area contributed by atoms with Crippen LogP contribution in [-0.4, -0.2) is 112 Å². The SMILES string of the molecule is COC(=O)c1ccc(CN(c2cnccn2)c2cc(OC)ccn2)cc1.COc1ccnc(N(Cc2ccc(C(=O)NO)cc2)c2cnccn2)c1.COc1ccnc(N)c1.COc1ccnc(Nc2cnccn2)c1.Ic1cnccn1.PP. The number of carbonyl (C=O) groups is 2. The molecule has 10 aromatic rings. The fraction of sp³-hybridized carbons (Fsp3) is 0.123. The van der Waals surface area contributed by atoms with E-state index >= 15 is 0 Å². The van der Waals surface area contributed by atoms with Gasteiger partial charge in [-0.25, -0.2) is 50.1 Å². The van der Waals surface area contributed by atoms with Crippen molar-refractivity contribution in [2.75, 3.05) is 56.4 Å². The molecule has 0 spiro atoms. The lowest BCUT2D eigenvalue weighted by Gasteiger charge is -2.23. The fourth-order valence-electron chi connectivity index (χ4n) is 6.76. The number of rotatable bonds is 16. The van der Waals surface area contributed by atoms with Crippen molar-refractivity contribution in [1.82, 2.24) is 65.3 Å². The molecule has 10 rings (SSSR count). The molecule has 0 radical (unpaired) electrons. The number of nitrogens with one attached hydrogen (secondary N) is 2. The number of pyridine rings is 4. The van der Waals surface area contributed by atoms with Gasteiger partial charge in [-0.2, -0.15) is 0 Å². The summed E-state index contributed by atoms with van der Waals surface area (Å²) in [6.07, 6.45) is 26.3. The lowest BCUT2D eigenvalue weighted by atomic mass is 10.1. The first-order chi connectivity index (χ1) is 41.5. The first-order valence-corrected chi connectivity index (χ1v) is 28.6. The van der Waals surface area contributed by atoms with Crippen molar-refractivity contribution < 1.29 is 38.5 Å². The number of halogens is 1. The van der Waals surface area contributed by atoms with Crippen LogP contribution in [0.2, 0.25) is 0 Å². The monoisotopic (exact) mass is 1300 g/mol. The van der Waals surface area contributed by atoms with Gasteiger partial charge in [0.25, 0.3) is 5.91 Å². The molecule has 1 amide bonds. The number of esters is 1. The van der Waals surface area contributed by atoms with Crippen LogP contribution in [0.4, 0.5) is 40.7 Å². The first-order valence-electron chi connectivity index (χ1n) is 24.8. The van der Waals surface area contributed by atoms with Crippen molar-refractivity contribution in [3.8, 4) is 23.0 Å². The van der Waals surface area contributed by atoms with Gasteiger partial charge in [0.2, 0.25) is 0 Å². The number of ether oxygens (including phenoxy) is 5. The summed E-state index contributed by atoms with van der Waals surface area (Å²) in [6.45, 7) is 0.959. The summed E-state index contributed by atoms with van der Waals surface area (Å²) in [7, 11) is 12.4. The molecule has 2 unspecified atom stereocenters. The summed E-state index contributed by atoms with van der Waals surface area (Å²) < 4.78 is 26.2. The van der Waals surface area contributed by atoms with Gasteiger partial charge in [-0.15, -0.1) is 17.9 Å². The van der Waals surface area contributed by atoms with Crippen molar-refractivity contribution >= 4 is 93.0 Å². The Morgan fingerprint density at radius 1 is 0.482 bits per heavy atom. The van der Waals surface area contributed by atoms with Gasteiger partial charge in [0.1, 0.15) is 55.8 Å². The average Bonchev–Trinajstić information content (AvgIpc) is 3.66. The highest BCUT2D eigenvalue weighted by molar-refractivity contribution is 14.1. The summed E-state index contributed by atoms with van der Waals surface area (Å²) in [5, 5.41) is 11.7. The molecule has 0 aliphatic heterocycles. The lowest BCUT2D eigenvalue weighted by molar-refractivity contribution is 0.0600. The number of hydrogen-bond acceptors (Lipinski definition) is 24. The maximum absolute atomic E-state index is 11.6. The van der Waals surface area contributed by atoms with Crippen molar-refractivity contribution in [3.05, 3.63) is 222 Å². The van der Waals surface area contributed by atoms with E-state index in [9.17, 15) is 9.59 Å². The van der Waals surface area contributed by atoms with E-state index in [0.717, 1.165) is 26.3 Å². The molecule has 0 aliphatic carbocycles. The molecule has 0 saturated carbocycles. The van der Waals surface area contributed by atoms with Gasteiger partial charge >= 0.3 is 5.97 Å². The zero-order valence-corrected chi connectivity index (χ0v) is 51.0. The summed E-state index contributed by atoms with van der Waals surface area (Å²) in [5.74, 6) is 6.37. The largest absolute Gasteiger partial charge is 0.497 e. The number of nitrogens with zero attached hydrogens (tertiary/aromatic N) is 14. The number of nitrogen functional groups attached to an aromatic ring is 1. The molecule has 0 fully saturated rings. The second-order valence-electron chi connectivity index (χ2n) is 16.2. The molecule has 25 nitrogen and oxygen atoms in total. The minimum Gasteiger partial charge on any atom is -0.497 e. The number of carbonyl (C=O) groups excluding carboxylic acids is 2. The third-order valence-corrected chi connectivity index (χ3v) is 11.3. The lowest BCUT2D eigenvalue weighted by Crippen LogP contribution is -2.20. The predicted octanol–water partition coefficient (Wildman–Crippen LogP) is 9.37. The Bertz CT molecular complexity index is 3370. The number of aromatic nitrogens is 12. The van der Waals surface area contributed by atoms with Crippen molar-refractivity contribution in [3.63, 3.8) is 0 Å². The molecule has 0 saturated heterocycles. The van der Waals surface area contributed by atoms with E-state index in [1.807, 2.05) is 34.1 Å². The third-order valence-electron chi connectivity index (χ3n) is 10.8. The van der Waals surface area contributed by atoms with Gasteiger partial charge in [-0.1, -0.05) is 24.3 Å². The minimum atomic E-state index is -0.559. The Balaban J connectivity index is 0.000000207. The number of nitrogens with two attached hydrogens (primary N) is 1. The molecule has 5 N–H and O–H groups in total. The maximum Gasteiger partial charge on any atom is 0.337 e. The van der Waals surface area contributed by atoms with Crippen LogP contribution in [-0.2, 0) is 17.8 Å². The molecule has 8 aromatic heterocycles. The highest BCUT2D eigenvalue weighted by Crippen LogP contribution is 2.28. The number of anilines is 7. The standard InChI is InChI=1S/C19H18N4O3.C18H17N5O3.C10H10N4O.C6H8N2O.C4H3IN2.H4P2/c1-25-16-7-8-21-17(11-16)23(18-12-20-9-10-22-18)13-14-3-5-15(6-4-14)19(24)26-2;1-26-15-6-7-20-16(10-15)23(17-11-19-8-9-21-17)12-13-2-4-14(5-3-13)18(24)22-25;1-15-8-2-3-12-9(6-8)14-10-7-11-4-5-13-10;1-9-5-2-3-8-6(7)4-5;5-4-3-6-1-2-7-4;1-2/h3-12H,13H2,1-2H3;2-11,25H,12H2,1H3,(H,22,24);2-7H,1H3,(H,12,13,14);2-4H,1H3,(H2,7,8);1-3H;1-2H2. The summed E-state index contributed by atoms with van der Waals surface area (Å²) >= 11 is 2.11. The molecule has 2 aromatic carbocycles. The maximum atomic E-state index is 11.6. The Morgan fingerprint density at radius 2 is 0.894 bits per heavy atom. The third kappa shape index (κ3) is 22.8. The van der Waals surface area contributed by atoms with Gasteiger partial charge in [0.15, 0.2) is 11.6 Å². The Labute approximate surface area is 508 Å². The van der Waals surface area contributed by atoms with E-state index in [2.05, 4.69) is 106 Å². The van der Waals surface area contributed by atoms with Crippen LogP contribution in [0.3, 0.4) is 0 Å². The average molecular weight is 1300 g/mol. The topological polar surface area (TPSA) is 312 Å². The van der Waals surface area contributed by atoms with Crippen LogP contribution in [0.1, 0.15) is 31.8 Å². The van der Waals surface area contributed by atoms with E-state index < -0.39 is 5.91 Å². The van der Waals surface area contributed by atoms with Crippen LogP contribution >= 0.6 is 40.4 Å². The first kappa shape index (κ1) is 66.1. The molecular formula is C57H60IN17O8P2. The van der Waals surface area contributed by atoms with Gasteiger partial charge in [-0.05, 0) is 82.2 Å². The smallest absolute Gasteiger partial charge is 0.337 e. The van der Waals surface area contributed by atoms with Crippen LogP contribution in [0.5, 0.6) is 23.0 Å². The molecule has 438 valence electrons. The molecule has 0 bridgehead atoms. The molecule has 0 aliphatic rings. The fourth-order valence-corrected chi connectivity index (χ4v) is 7.08. The van der Waals surface area contributed by atoms with Crippen molar-refractivity contribution in [2.45, 2.75) is 13.1 Å².